The first kappa shape index (κ1) is 16.2. The molecule has 0 unspecified atom stereocenters. The second-order valence-corrected chi connectivity index (χ2v) is 6.24. The Morgan fingerprint density at radius 3 is 2.88 bits per heavy atom. The van der Waals surface area contributed by atoms with Crippen molar-refractivity contribution in [2.45, 2.75) is 38.6 Å². The lowest BCUT2D eigenvalue weighted by molar-refractivity contribution is -0.129. The van der Waals surface area contributed by atoms with Crippen LogP contribution >= 0.6 is 0 Å². The van der Waals surface area contributed by atoms with Gasteiger partial charge in [0.2, 0.25) is 5.91 Å². The molecule has 8 nitrogen and oxygen atoms in total. The molecule has 0 saturated heterocycles. The van der Waals surface area contributed by atoms with Gasteiger partial charge in [0.15, 0.2) is 0 Å². The van der Waals surface area contributed by atoms with E-state index < -0.39 is 11.2 Å². The van der Waals surface area contributed by atoms with Crippen LogP contribution in [0.5, 0.6) is 0 Å². The lowest BCUT2D eigenvalue weighted by atomic mass is 9.96. The molecule has 0 atom stereocenters. The summed E-state index contributed by atoms with van der Waals surface area (Å²) in [5, 5.41) is 7.40. The van der Waals surface area contributed by atoms with E-state index in [1.807, 2.05) is 0 Å². The fourth-order valence-electron chi connectivity index (χ4n) is 3.03. The highest BCUT2D eigenvalue weighted by molar-refractivity contribution is 5.78. The van der Waals surface area contributed by atoms with E-state index in [-0.39, 0.29) is 17.9 Å². The third-order valence-electron chi connectivity index (χ3n) is 4.55. The van der Waals surface area contributed by atoms with E-state index in [4.69, 9.17) is 0 Å². The van der Waals surface area contributed by atoms with E-state index in [0.29, 0.717) is 6.54 Å². The molecule has 24 heavy (non-hydrogen) atoms. The molecule has 2 heterocycles. The number of carbonyl (C=O) groups excluding carboxylic acids is 1. The summed E-state index contributed by atoms with van der Waals surface area (Å²) >= 11 is 0. The molecule has 3 rings (SSSR count). The number of amides is 1. The van der Waals surface area contributed by atoms with E-state index >= 15 is 0 Å². The van der Waals surface area contributed by atoms with E-state index in [0.717, 1.165) is 29.5 Å². The lowest BCUT2D eigenvalue weighted by Gasteiger charge is -2.18. The maximum atomic E-state index is 12.4. The Morgan fingerprint density at radius 2 is 2.08 bits per heavy atom. The van der Waals surface area contributed by atoms with Gasteiger partial charge in [-0.2, -0.15) is 5.10 Å². The van der Waals surface area contributed by atoms with Crippen molar-refractivity contribution in [3.05, 3.63) is 49.5 Å². The number of rotatable bonds is 4. The number of nitrogens with one attached hydrogen (secondary N) is 2. The van der Waals surface area contributed by atoms with Gasteiger partial charge < -0.3 is 9.88 Å². The topological polar surface area (TPSA) is 104 Å². The van der Waals surface area contributed by atoms with Gasteiger partial charge in [-0.05, 0) is 31.2 Å². The Kier molecular flexibility index (Phi) is 4.37. The van der Waals surface area contributed by atoms with Crippen molar-refractivity contribution in [1.29, 1.82) is 0 Å². The van der Waals surface area contributed by atoms with Gasteiger partial charge in [0.05, 0.1) is 18.7 Å². The summed E-state index contributed by atoms with van der Waals surface area (Å²) < 4.78 is 0.965. The lowest BCUT2D eigenvalue weighted by Crippen LogP contribution is -2.37. The first-order chi connectivity index (χ1) is 11.5. The molecule has 0 aliphatic heterocycles. The zero-order valence-corrected chi connectivity index (χ0v) is 13.9. The summed E-state index contributed by atoms with van der Waals surface area (Å²) in [6.07, 6.45) is 5.57. The van der Waals surface area contributed by atoms with E-state index in [2.05, 4.69) is 15.2 Å². The van der Waals surface area contributed by atoms with Crippen molar-refractivity contribution in [2.24, 2.45) is 7.05 Å². The highest BCUT2D eigenvalue weighted by atomic mass is 16.2. The summed E-state index contributed by atoms with van der Waals surface area (Å²) in [5.41, 5.74) is 2.63. The molecule has 0 aromatic carbocycles. The van der Waals surface area contributed by atoms with Gasteiger partial charge >= 0.3 is 5.69 Å². The van der Waals surface area contributed by atoms with Crippen molar-refractivity contribution in [3.8, 4) is 0 Å². The quantitative estimate of drug-likeness (QED) is 0.815. The van der Waals surface area contributed by atoms with Crippen LogP contribution in [0.1, 0.15) is 35.4 Å². The number of likely N-dealkylation sites (N-methyl/N-ethyl adjacent to an activating group) is 1. The van der Waals surface area contributed by atoms with Crippen LogP contribution in [0, 0.1) is 0 Å². The van der Waals surface area contributed by atoms with Crippen LogP contribution in [-0.2, 0) is 37.6 Å². The smallest absolute Gasteiger partial charge is 0.328 e. The number of aromatic nitrogens is 4. The Morgan fingerprint density at radius 1 is 1.33 bits per heavy atom. The minimum atomic E-state index is -0.493. The Hall–Kier alpha value is -2.64. The summed E-state index contributed by atoms with van der Waals surface area (Å²) in [5.74, 6) is -0.188. The van der Waals surface area contributed by atoms with Crippen molar-refractivity contribution in [1.82, 2.24) is 24.6 Å². The first-order valence-corrected chi connectivity index (χ1v) is 8.04. The first-order valence-electron chi connectivity index (χ1n) is 8.04. The molecule has 0 saturated carbocycles. The molecule has 8 heteroatoms. The molecule has 1 aliphatic carbocycles. The Balaban J connectivity index is 1.72. The van der Waals surface area contributed by atoms with Crippen molar-refractivity contribution >= 4 is 5.91 Å². The van der Waals surface area contributed by atoms with Crippen molar-refractivity contribution in [3.63, 3.8) is 0 Å². The average Bonchev–Trinajstić information content (AvgIpc) is 2.98. The Labute approximate surface area is 138 Å². The molecule has 2 aromatic heterocycles. The van der Waals surface area contributed by atoms with Crippen molar-refractivity contribution < 1.29 is 4.79 Å². The summed E-state index contributed by atoms with van der Waals surface area (Å²) in [6.45, 7) is 0.411. The molecule has 128 valence electrons. The number of H-pyrrole nitrogens is 2. The van der Waals surface area contributed by atoms with Gasteiger partial charge in [-0.3, -0.25) is 19.3 Å². The Bertz CT molecular complexity index is 877. The molecule has 1 amide bonds. The molecule has 1 aliphatic rings. The highest BCUT2D eigenvalue weighted by Gasteiger charge is 2.20. The number of aryl methyl sites for hydroxylation is 1. The number of carbonyl (C=O) groups is 1. The second-order valence-electron chi connectivity index (χ2n) is 6.24. The van der Waals surface area contributed by atoms with Crippen LogP contribution in [0.15, 0.2) is 15.8 Å². The van der Waals surface area contributed by atoms with Crippen LogP contribution < -0.4 is 11.2 Å². The summed E-state index contributed by atoms with van der Waals surface area (Å²) in [4.78, 5) is 39.8. The van der Waals surface area contributed by atoms with E-state index in [1.165, 1.54) is 30.9 Å². The van der Waals surface area contributed by atoms with Crippen LogP contribution in [0.25, 0.3) is 0 Å². The molecule has 0 bridgehead atoms. The monoisotopic (exact) mass is 331 g/mol. The molecule has 2 aromatic rings. The zero-order chi connectivity index (χ0) is 17.3. The normalized spacial score (nSPS) is 13.6. The SMILES string of the molecule is CN(Cc1n[nH]c2c1CCCC2)C(=O)Cc1c[nH]c(=O)n(C)c1=O. The van der Waals surface area contributed by atoms with Gasteiger partial charge in [0.1, 0.15) is 0 Å². The summed E-state index contributed by atoms with van der Waals surface area (Å²) in [6, 6.07) is 0. The third kappa shape index (κ3) is 3.04. The predicted molar refractivity (Wildman–Crippen MR) is 87.7 cm³/mol. The molecule has 0 radical (unpaired) electrons. The summed E-state index contributed by atoms with van der Waals surface area (Å²) in [7, 11) is 3.08. The molecule has 0 spiro atoms. The molecular weight excluding hydrogens is 310 g/mol. The second kappa shape index (κ2) is 6.46. The number of aromatic amines is 2. The van der Waals surface area contributed by atoms with E-state index in [9.17, 15) is 14.4 Å². The van der Waals surface area contributed by atoms with Crippen LogP contribution in [0.2, 0.25) is 0 Å². The van der Waals surface area contributed by atoms with Crippen LogP contribution in [-0.4, -0.2) is 37.6 Å². The van der Waals surface area contributed by atoms with Gasteiger partial charge in [-0.15, -0.1) is 0 Å². The standard InChI is InChI=1S/C16H21N5O3/c1-20(9-13-11-5-3-4-6-12(11)18-19-13)14(22)7-10-8-17-16(24)21(2)15(10)23/h8H,3-7,9H2,1-2H3,(H,17,24)(H,18,19). The largest absolute Gasteiger partial charge is 0.339 e. The van der Waals surface area contributed by atoms with Gasteiger partial charge in [0.25, 0.3) is 5.56 Å². The van der Waals surface area contributed by atoms with E-state index in [1.54, 1.807) is 11.9 Å². The van der Waals surface area contributed by atoms with Gasteiger partial charge in [-0.1, -0.05) is 0 Å². The number of nitrogens with zero attached hydrogens (tertiary/aromatic N) is 3. The van der Waals surface area contributed by atoms with Crippen LogP contribution in [0.3, 0.4) is 0 Å². The molecule has 0 fully saturated rings. The minimum absolute atomic E-state index is 0.0490. The minimum Gasteiger partial charge on any atom is -0.339 e. The van der Waals surface area contributed by atoms with Gasteiger partial charge in [0, 0.05) is 31.5 Å². The number of hydrogen-bond acceptors (Lipinski definition) is 4. The maximum absolute atomic E-state index is 12.4. The van der Waals surface area contributed by atoms with Crippen LogP contribution in [0.4, 0.5) is 0 Å². The predicted octanol–water partition coefficient (Wildman–Crippen LogP) is -0.123. The molecule has 2 N–H and O–H groups in total. The zero-order valence-electron chi connectivity index (χ0n) is 13.9. The third-order valence-corrected chi connectivity index (χ3v) is 4.55. The number of hydrogen-bond donors (Lipinski definition) is 2. The molecular formula is C16H21N5O3. The fraction of sp³-hybridized carbons (Fsp3) is 0.500. The fourth-order valence-corrected chi connectivity index (χ4v) is 3.03. The average molecular weight is 331 g/mol. The highest BCUT2D eigenvalue weighted by Crippen LogP contribution is 2.22. The maximum Gasteiger partial charge on any atom is 0.328 e. The van der Waals surface area contributed by atoms with Crippen molar-refractivity contribution in [2.75, 3.05) is 7.05 Å². The van der Waals surface area contributed by atoms with Gasteiger partial charge in [-0.25, -0.2) is 4.79 Å². The number of fused-ring (bicyclic) bond motifs is 1.